The first-order valence-electron chi connectivity index (χ1n) is 7.98. The average Bonchev–Trinajstić information content (AvgIpc) is 2.22. The van der Waals surface area contributed by atoms with E-state index in [1.807, 2.05) is 0 Å². The van der Waals surface area contributed by atoms with Crippen molar-refractivity contribution in [3.05, 3.63) is 34.9 Å². The number of hydrogen-bond acceptors (Lipinski definition) is 1. The first-order chi connectivity index (χ1) is 9.15. The summed E-state index contributed by atoms with van der Waals surface area (Å²) in [6.07, 6.45) is 2.47. The van der Waals surface area contributed by atoms with Crippen LogP contribution in [0.25, 0.3) is 0 Å². The van der Waals surface area contributed by atoms with Crippen molar-refractivity contribution in [2.24, 2.45) is 11.8 Å². The van der Waals surface area contributed by atoms with Crippen molar-refractivity contribution in [1.82, 2.24) is 5.32 Å². The van der Waals surface area contributed by atoms with Crippen LogP contribution >= 0.6 is 0 Å². The molecule has 20 heavy (non-hydrogen) atoms. The first-order valence-corrected chi connectivity index (χ1v) is 7.98. The Bertz CT molecular complexity index is 392. The van der Waals surface area contributed by atoms with Gasteiger partial charge in [0.25, 0.3) is 0 Å². The van der Waals surface area contributed by atoms with Gasteiger partial charge in [0.05, 0.1) is 0 Å². The molecule has 1 aromatic rings. The van der Waals surface area contributed by atoms with Crippen molar-refractivity contribution in [2.45, 2.75) is 66.8 Å². The van der Waals surface area contributed by atoms with Gasteiger partial charge in [-0.15, -0.1) is 0 Å². The van der Waals surface area contributed by atoms with E-state index in [4.69, 9.17) is 0 Å². The monoisotopic (exact) mass is 275 g/mol. The normalized spacial score (nSPS) is 13.8. The molecular weight excluding hydrogens is 242 g/mol. The van der Waals surface area contributed by atoms with Crippen LogP contribution in [0.3, 0.4) is 0 Å². The quantitative estimate of drug-likeness (QED) is 0.779. The minimum atomic E-state index is 0.206. The molecule has 0 aromatic heterocycles. The van der Waals surface area contributed by atoms with E-state index in [0.717, 1.165) is 18.4 Å². The molecule has 1 rings (SSSR count). The molecule has 1 nitrogen and oxygen atoms in total. The molecule has 0 bridgehead atoms. The molecule has 0 saturated heterocycles. The molecule has 0 saturated carbocycles. The van der Waals surface area contributed by atoms with Crippen LogP contribution in [-0.2, 0) is 6.42 Å². The lowest BCUT2D eigenvalue weighted by Crippen LogP contribution is -2.39. The molecule has 1 heteroatoms. The number of aryl methyl sites for hydroxylation is 2. The van der Waals surface area contributed by atoms with Crippen molar-refractivity contribution in [1.29, 1.82) is 0 Å². The zero-order valence-corrected chi connectivity index (χ0v) is 14.5. The topological polar surface area (TPSA) is 12.0 Å². The second-order valence-electron chi connectivity index (χ2n) is 7.83. The fourth-order valence-corrected chi connectivity index (χ4v) is 2.88. The fourth-order valence-electron chi connectivity index (χ4n) is 2.88. The van der Waals surface area contributed by atoms with E-state index in [2.05, 4.69) is 72.0 Å². The molecule has 0 fully saturated rings. The highest BCUT2D eigenvalue weighted by Crippen LogP contribution is 2.19. The van der Waals surface area contributed by atoms with E-state index in [-0.39, 0.29) is 5.54 Å². The summed E-state index contributed by atoms with van der Waals surface area (Å²) in [5.41, 5.74) is 4.46. The van der Waals surface area contributed by atoms with Crippen LogP contribution in [0.5, 0.6) is 0 Å². The summed E-state index contributed by atoms with van der Waals surface area (Å²) < 4.78 is 0. The van der Waals surface area contributed by atoms with Gasteiger partial charge in [-0.2, -0.15) is 0 Å². The summed E-state index contributed by atoms with van der Waals surface area (Å²) >= 11 is 0. The van der Waals surface area contributed by atoms with Crippen LogP contribution in [-0.4, -0.2) is 12.1 Å². The summed E-state index contributed by atoms with van der Waals surface area (Å²) in [5.74, 6) is 1.48. The maximum Gasteiger partial charge on any atom is 0.00966 e. The molecule has 0 aliphatic heterocycles. The standard InChI is InChI=1S/C19H33N/c1-14(2)8-18(13-20-19(5,6)7)12-17-10-15(3)9-16(4)11-17/h9-11,14,18,20H,8,12-13H2,1-7H3. The zero-order chi connectivity index (χ0) is 15.3. The summed E-state index contributed by atoms with van der Waals surface area (Å²) in [5, 5.41) is 3.68. The molecule has 1 N–H and O–H groups in total. The Labute approximate surface area is 126 Å². The van der Waals surface area contributed by atoms with Crippen LogP contribution in [0.15, 0.2) is 18.2 Å². The largest absolute Gasteiger partial charge is 0.312 e. The molecule has 0 aliphatic rings. The lowest BCUT2D eigenvalue weighted by atomic mass is 9.89. The van der Waals surface area contributed by atoms with Crippen molar-refractivity contribution in [3.63, 3.8) is 0 Å². The summed E-state index contributed by atoms with van der Waals surface area (Å²) in [6.45, 7) is 16.9. The molecule has 0 radical (unpaired) electrons. The smallest absolute Gasteiger partial charge is 0.00966 e. The number of rotatable bonds is 6. The molecular formula is C19H33N. The number of nitrogens with one attached hydrogen (secondary N) is 1. The van der Waals surface area contributed by atoms with Gasteiger partial charge < -0.3 is 5.32 Å². The van der Waals surface area contributed by atoms with Gasteiger partial charge in [0, 0.05) is 5.54 Å². The Balaban J connectivity index is 2.72. The summed E-state index contributed by atoms with van der Waals surface area (Å²) in [6, 6.07) is 6.95. The van der Waals surface area contributed by atoms with Gasteiger partial charge in [-0.05, 0) is 71.4 Å². The molecule has 1 atom stereocenters. The van der Waals surface area contributed by atoms with E-state index in [0.29, 0.717) is 0 Å². The van der Waals surface area contributed by atoms with Gasteiger partial charge >= 0.3 is 0 Å². The summed E-state index contributed by atoms with van der Waals surface area (Å²) in [7, 11) is 0. The summed E-state index contributed by atoms with van der Waals surface area (Å²) in [4.78, 5) is 0. The van der Waals surface area contributed by atoms with Crippen LogP contribution < -0.4 is 5.32 Å². The molecule has 1 unspecified atom stereocenters. The van der Waals surface area contributed by atoms with E-state index in [1.165, 1.54) is 29.5 Å². The SMILES string of the molecule is Cc1cc(C)cc(CC(CNC(C)(C)C)CC(C)C)c1. The Hall–Kier alpha value is -0.820. The predicted octanol–water partition coefficient (Wildman–Crippen LogP) is 4.90. The predicted molar refractivity (Wildman–Crippen MR) is 90.3 cm³/mol. The third-order valence-corrected chi connectivity index (χ3v) is 3.53. The highest BCUT2D eigenvalue weighted by Gasteiger charge is 2.16. The van der Waals surface area contributed by atoms with Crippen LogP contribution in [0.4, 0.5) is 0 Å². The minimum absolute atomic E-state index is 0.206. The van der Waals surface area contributed by atoms with Gasteiger partial charge in [0.2, 0.25) is 0 Å². The Morgan fingerprint density at radius 3 is 2.00 bits per heavy atom. The van der Waals surface area contributed by atoms with Gasteiger partial charge in [-0.3, -0.25) is 0 Å². The van der Waals surface area contributed by atoms with E-state index in [9.17, 15) is 0 Å². The molecule has 0 spiro atoms. The Morgan fingerprint density at radius 2 is 1.55 bits per heavy atom. The second kappa shape index (κ2) is 7.26. The fraction of sp³-hybridized carbons (Fsp3) is 0.684. The average molecular weight is 275 g/mol. The lowest BCUT2D eigenvalue weighted by Gasteiger charge is -2.26. The van der Waals surface area contributed by atoms with Crippen molar-refractivity contribution >= 4 is 0 Å². The van der Waals surface area contributed by atoms with E-state index in [1.54, 1.807) is 0 Å². The third-order valence-electron chi connectivity index (χ3n) is 3.53. The maximum atomic E-state index is 3.68. The van der Waals surface area contributed by atoms with E-state index < -0.39 is 0 Å². The number of hydrogen-bond donors (Lipinski definition) is 1. The van der Waals surface area contributed by atoms with Crippen LogP contribution in [0.2, 0.25) is 0 Å². The van der Waals surface area contributed by atoms with Gasteiger partial charge in [0.15, 0.2) is 0 Å². The van der Waals surface area contributed by atoms with Gasteiger partial charge in [-0.1, -0.05) is 43.2 Å². The highest BCUT2D eigenvalue weighted by atomic mass is 14.9. The van der Waals surface area contributed by atoms with Crippen molar-refractivity contribution < 1.29 is 0 Å². The molecule has 1 aromatic carbocycles. The van der Waals surface area contributed by atoms with Crippen molar-refractivity contribution in [3.8, 4) is 0 Å². The Morgan fingerprint density at radius 1 is 1.00 bits per heavy atom. The third kappa shape index (κ3) is 7.09. The highest BCUT2D eigenvalue weighted by molar-refractivity contribution is 5.28. The van der Waals surface area contributed by atoms with Crippen LogP contribution in [0.1, 0.15) is 57.7 Å². The molecule has 114 valence electrons. The van der Waals surface area contributed by atoms with Crippen LogP contribution in [0, 0.1) is 25.7 Å². The van der Waals surface area contributed by atoms with Gasteiger partial charge in [0.1, 0.15) is 0 Å². The molecule has 0 aliphatic carbocycles. The van der Waals surface area contributed by atoms with Crippen molar-refractivity contribution in [2.75, 3.05) is 6.54 Å². The Kier molecular flexibility index (Phi) is 6.26. The maximum absolute atomic E-state index is 3.68. The lowest BCUT2D eigenvalue weighted by molar-refractivity contribution is 0.331. The first kappa shape index (κ1) is 17.2. The molecule has 0 amide bonds. The molecule has 0 heterocycles. The van der Waals surface area contributed by atoms with E-state index >= 15 is 0 Å². The number of benzene rings is 1. The second-order valence-corrected chi connectivity index (χ2v) is 7.83. The van der Waals surface area contributed by atoms with Gasteiger partial charge in [-0.25, -0.2) is 0 Å². The minimum Gasteiger partial charge on any atom is -0.312 e. The zero-order valence-electron chi connectivity index (χ0n) is 14.5.